The molecule has 1 saturated heterocycles. The third-order valence-corrected chi connectivity index (χ3v) is 3.77. The number of hydrogen-bond acceptors (Lipinski definition) is 3. The van der Waals surface area contributed by atoms with Gasteiger partial charge in [-0.25, -0.2) is 4.79 Å². The molecular formula is C14H17ClN2O3. The van der Waals surface area contributed by atoms with E-state index in [1.807, 2.05) is 6.92 Å². The average Bonchev–Trinajstić information content (AvgIpc) is 2.38. The number of hydrogen-bond donors (Lipinski definition) is 3. The molecule has 1 atom stereocenters. The highest BCUT2D eigenvalue weighted by Gasteiger charge is 2.34. The highest BCUT2D eigenvalue weighted by Crippen LogP contribution is 2.28. The number of aromatic carboxylic acids is 1. The van der Waals surface area contributed by atoms with E-state index < -0.39 is 11.4 Å². The Labute approximate surface area is 122 Å². The van der Waals surface area contributed by atoms with Crippen LogP contribution in [0.1, 0.15) is 30.1 Å². The van der Waals surface area contributed by atoms with Crippen molar-refractivity contribution in [3.05, 3.63) is 28.8 Å². The van der Waals surface area contributed by atoms with Gasteiger partial charge >= 0.3 is 5.97 Å². The highest BCUT2D eigenvalue weighted by atomic mass is 35.5. The lowest BCUT2D eigenvalue weighted by Gasteiger charge is -2.32. The molecule has 0 spiro atoms. The van der Waals surface area contributed by atoms with Crippen LogP contribution in [0.5, 0.6) is 0 Å². The molecule has 3 N–H and O–H groups in total. The minimum absolute atomic E-state index is 0.0553. The Hall–Kier alpha value is -1.59. The number of rotatable bonds is 3. The lowest BCUT2D eigenvalue weighted by atomic mass is 9.82. The first kappa shape index (κ1) is 14.8. The quantitative estimate of drug-likeness (QED) is 0.800. The molecule has 0 saturated carbocycles. The van der Waals surface area contributed by atoms with Crippen molar-refractivity contribution in [1.29, 1.82) is 0 Å². The monoisotopic (exact) mass is 296 g/mol. The molecule has 1 heterocycles. The van der Waals surface area contributed by atoms with E-state index in [1.165, 1.54) is 12.1 Å². The number of carboxylic acid groups (broad SMARTS) is 1. The molecule has 0 aliphatic carbocycles. The molecule has 5 nitrogen and oxygen atoms in total. The van der Waals surface area contributed by atoms with Gasteiger partial charge in [-0.3, -0.25) is 4.79 Å². The summed E-state index contributed by atoms with van der Waals surface area (Å²) < 4.78 is 0. The van der Waals surface area contributed by atoms with Crippen molar-refractivity contribution in [2.24, 2.45) is 5.41 Å². The topological polar surface area (TPSA) is 78.4 Å². The maximum Gasteiger partial charge on any atom is 0.335 e. The number of carbonyl (C=O) groups excluding carboxylic acids is 1. The lowest BCUT2D eigenvalue weighted by molar-refractivity contribution is -0.125. The Morgan fingerprint density at radius 1 is 1.40 bits per heavy atom. The number of piperidine rings is 1. The van der Waals surface area contributed by atoms with Gasteiger partial charge in [0.25, 0.3) is 0 Å². The minimum atomic E-state index is -1.08. The predicted octanol–water partition coefficient (Wildman–Crippen LogP) is 2.37. The van der Waals surface area contributed by atoms with Crippen LogP contribution in [-0.4, -0.2) is 30.1 Å². The Balaban J connectivity index is 2.17. The van der Waals surface area contributed by atoms with Crippen LogP contribution in [0.25, 0.3) is 0 Å². The Kier molecular flexibility index (Phi) is 4.30. The summed E-state index contributed by atoms with van der Waals surface area (Å²) in [6, 6.07) is 4.31. The van der Waals surface area contributed by atoms with Crippen LogP contribution in [-0.2, 0) is 4.79 Å². The van der Waals surface area contributed by atoms with Crippen LogP contribution in [0.15, 0.2) is 18.2 Å². The van der Waals surface area contributed by atoms with E-state index in [4.69, 9.17) is 16.7 Å². The van der Waals surface area contributed by atoms with Gasteiger partial charge in [-0.05, 0) is 44.5 Å². The van der Waals surface area contributed by atoms with Gasteiger partial charge < -0.3 is 15.7 Å². The zero-order valence-corrected chi connectivity index (χ0v) is 12.0. The summed E-state index contributed by atoms with van der Waals surface area (Å²) in [7, 11) is 0. The molecule has 20 heavy (non-hydrogen) atoms. The summed E-state index contributed by atoms with van der Waals surface area (Å²) in [6.45, 7) is 3.44. The van der Waals surface area contributed by atoms with E-state index in [0.29, 0.717) is 12.2 Å². The van der Waals surface area contributed by atoms with Crippen molar-refractivity contribution in [3.63, 3.8) is 0 Å². The molecule has 1 aliphatic rings. The van der Waals surface area contributed by atoms with Crippen molar-refractivity contribution in [2.45, 2.75) is 19.8 Å². The lowest BCUT2D eigenvalue weighted by Crippen LogP contribution is -2.46. The van der Waals surface area contributed by atoms with E-state index in [2.05, 4.69) is 10.6 Å². The Morgan fingerprint density at radius 3 is 2.75 bits per heavy atom. The molecule has 0 bridgehead atoms. The van der Waals surface area contributed by atoms with Gasteiger partial charge in [0.1, 0.15) is 0 Å². The van der Waals surface area contributed by atoms with Crippen LogP contribution in [0.3, 0.4) is 0 Å². The summed E-state index contributed by atoms with van der Waals surface area (Å²) in [5.74, 6) is -1.20. The van der Waals surface area contributed by atoms with Crippen molar-refractivity contribution >= 4 is 29.2 Å². The van der Waals surface area contributed by atoms with Gasteiger partial charge in [0.15, 0.2) is 0 Å². The molecule has 1 fully saturated rings. The summed E-state index contributed by atoms with van der Waals surface area (Å²) in [4.78, 5) is 23.3. The molecule has 6 heteroatoms. The normalized spacial score (nSPS) is 22.3. The number of amides is 1. The second-order valence-corrected chi connectivity index (χ2v) is 5.77. The number of halogens is 1. The fourth-order valence-electron chi connectivity index (χ4n) is 2.32. The summed E-state index contributed by atoms with van der Waals surface area (Å²) in [6.07, 6.45) is 1.75. The maximum atomic E-state index is 12.3. The number of nitrogens with one attached hydrogen (secondary N) is 2. The van der Waals surface area contributed by atoms with Gasteiger partial charge in [0, 0.05) is 17.3 Å². The fourth-order valence-corrected chi connectivity index (χ4v) is 2.55. The first-order valence-corrected chi connectivity index (χ1v) is 6.85. The number of carbonyl (C=O) groups is 2. The molecule has 1 aromatic rings. The molecule has 0 aromatic heterocycles. The Morgan fingerprint density at radius 2 is 2.15 bits per heavy atom. The second kappa shape index (κ2) is 5.81. The van der Waals surface area contributed by atoms with Crippen molar-refractivity contribution < 1.29 is 14.7 Å². The molecule has 0 radical (unpaired) electrons. The van der Waals surface area contributed by atoms with Crippen molar-refractivity contribution in [1.82, 2.24) is 5.32 Å². The molecule has 1 amide bonds. The van der Waals surface area contributed by atoms with Crippen LogP contribution in [0.2, 0.25) is 5.02 Å². The van der Waals surface area contributed by atoms with Crippen molar-refractivity contribution in [2.75, 3.05) is 18.4 Å². The van der Waals surface area contributed by atoms with Crippen LogP contribution in [0, 0.1) is 5.41 Å². The third kappa shape index (κ3) is 3.29. The first-order valence-electron chi connectivity index (χ1n) is 6.47. The average molecular weight is 297 g/mol. The highest BCUT2D eigenvalue weighted by molar-refractivity contribution is 6.31. The zero-order chi connectivity index (χ0) is 14.8. The maximum absolute atomic E-state index is 12.3. The molecule has 108 valence electrons. The fraction of sp³-hybridized carbons (Fsp3) is 0.429. The molecule has 1 aromatic carbocycles. The summed E-state index contributed by atoms with van der Waals surface area (Å²) >= 11 is 5.87. The Bertz CT molecular complexity index is 539. The first-order chi connectivity index (χ1) is 9.40. The van der Waals surface area contributed by atoms with E-state index in [0.717, 1.165) is 19.4 Å². The van der Waals surface area contributed by atoms with Gasteiger partial charge in [-0.2, -0.15) is 0 Å². The predicted molar refractivity (Wildman–Crippen MR) is 77.3 cm³/mol. The molecule has 1 unspecified atom stereocenters. The standard InChI is InChI=1S/C14H17ClN2O3/c1-14(3-2-4-16-8-14)13(20)17-11-6-9(12(18)19)5-10(15)7-11/h5-7,16H,2-4,8H2,1H3,(H,17,20)(H,18,19). The van der Waals surface area contributed by atoms with Gasteiger partial charge in [-0.1, -0.05) is 11.6 Å². The number of anilines is 1. The number of carboxylic acids is 1. The van der Waals surface area contributed by atoms with Gasteiger partial charge in [0.2, 0.25) is 5.91 Å². The van der Waals surface area contributed by atoms with Crippen LogP contribution in [0.4, 0.5) is 5.69 Å². The smallest absolute Gasteiger partial charge is 0.335 e. The molecule has 1 aliphatic heterocycles. The second-order valence-electron chi connectivity index (χ2n) is 5.33. The van der Waals surface area contributed by atoms with Crippen molar-refractivity contribution in [3.8, 4) is 0 Å². The van der Waals surface area contributed by atoms with Crippen LogP contribution >= 0.6 is 11.6 Å². The largest absolute Gasteiger partial charge is 0.478 e. The summed E-state index contributed by atoms with van der Waals surface area (Å²) in [5, 5.41) is 15.2. The number of benzene rings is 1. The van der Waals surface area contributed by atoms with Gasteiger partial charge in [0.05, 0.1) is 11.0 Å². The SMILES string of the molecule is CC1(C(=O)Nc2cc(Cl)cc(C(=O)O)c2)CCCNC1. The molecule has 2 rings (SSSR count). The van der Waals surface area contributed by atoms with Crippen LogP contribution < -0.4 is 10.6 Å². The van der Waals surface area contributed by atoms with E-state index in [9.17, 15) is 9.59 Å². The molecular weight excluding hydrogens is 280 g/mol. The zero-order valence-electron chi connectivity index (χ0n) is 11.2. The minimum Gasteiger partial charge on any atom is -0.478 e. The van der Waals surface area contributed by atoms with Gasteiger partial charge in [-0.15, -0.1) is 0 Å². The third-order valence-electron chi connectivity index (χ3n) is 3.55. The van der Waals surface area contributed by atoms with E-state index in [1.54, 1.807) is 6.07 Å². The van der Waals surface area contributed by atoms with E-state index >= 15 is 0 Å². The summed E-state index contributed by atoms with van der Waals surface area (Å²) in [5.41, 5.74) is -0.0179. The van der Waals surface area contributed by atoms with E-state index in [-0.39, 0.29) is 16.5 Å².